The fourth-order valence-corrected chi connectivity index (χ4v) is 6.39. The average Bonchev–Trinajstić information content (AvgIpc) is 2.90. The molecule has 0 bridgehead atoms. The van der Waals surface area contributed by atoms with Crippen molar-refractivity contribution >= 4 is 33.3 Å². The molecule has 2 aliphatic rings. The number of alkyl halides is 3. The molecule has 0 aromatic heterocycles. The molecule has 0 amide bonds. The molecule has 2 fully saturated rings. The van der Waals surface area contributed by atoms with Crippen molar-refractivity contribution in [1.82, 2.24) is 4.90 Å². The number of carboxylic acids is 2. The lowest BCUT2D eigenvalue weighted by Crippen LogP contribution is -2.47. The number of anilines is 2. The third kappa shape index (κ3) is 8.10. The number of halogens is 3. The van der Waals surface area contributed by atoms with E-state index in [4.69, 9.17) is 9.90 Å². The van der Waals surface area contributed by atoms with Crippen LogP contribution in [0.15, 0.2) is 41.3 Å². The van der Waals surface area contributed by atoms with Crippen LogP contribution in [0.4, 0.5) is 24.5 Å². The molecule has 4 rings (SSSR count). The quantitative estimate of drug-likeness (QED) is 0.438. The summed E-state index contributed by atoms with van der Waals surface area (Å²) in [5, 5.41) is 17.0. The first-order chi connectivity index (χ1) is 18.7. The highest BCUT2D eigenvalue weighted by atomic mass is 32.2. The van der Waals surface area contributed by atoms with E-state index in [0.717, 1.165) is 31.5 Å². The Balaban J connectivity index is 0.000000559. The Morgan fingerprint density at radius 1 is 0.925 bits per heavy atom. The summed E-state index contributed by atoms with van der Waals surface area (Å²) in [5.74, 6) is -3.82. The van der Waals surface area contributed by atoms with Crippen molar-refractivity contribution in [2.45, 2.75) is 63.1 Å². The lowest BCUT2D eigenvalue weighted by molar-refractivity contribution is -0.192. The predicted molar refractivity (Wildman–Crippen MR) is 144 cm³/mol. The van der Waals surface area contributed by atoms with Crippen LogP contribution in [0, 0.1) is 13.8 Å². The topological polar surface area (TPSA) is 127 Å². The van der Waals surface area contributed by atoms with Crippen molar-refractivity contribution in [1.29, 1.82) is 0 Å². The van der Waals surface area contributed by atoms with Gasteiger partial charge in [0, 0.05) is 24.8 Å². The summed E-state index contributed by atoms with van der Waals surface area (Å²) in [6, 6.07) is 10.6. The molecule has 0 aliphatic carbocycles. The van der Waals surface area contributed by atoms with E-state index >= 15 is 0 Å². The minimum Gasteiger partial charge on any atom is -0.478 e. The molecule has 0 spiro atoms. The normalized spacial score (nSPS) is 17.1. The number of aryl methyl sites for hydroxylation is 2. The molecule has 2 aliphatic heterocycles. The van der Waals surface area contributed by atoms with Crippen LogP contribution in [-0.2, 0) is 14.8 Å². The largest absolute Gasteiger partial charge is 0.490 e. The van der Waals surface area contributed by atoms with Gasteiger partial charge in [0.2, 0.25) is 0 Å². The van der Waals surface area contributed by atoms with Crippen LogP contribution < -0.4 is 9.62 Å². The molecule has 0 atom stereocenters. The van der Waals surface area contributed by atoms with Crippen LogP contribution in [0.25, 0.3) is 0 Å². The zero-order valence-corrected chi connectivity index (χ0v) is 23.2. The zero-order valence-electron chi connectivity index (χ0n) is 22.4. The van der Waals surface area contributed by atoms with E-state index in [-0.39, 0.29) is 16.1 Å². The van der Waals surface area contributed by atoms with Gasteiger partial charge in [-0.15, -0.1) is 0 Å². The van der Waals surface area contributed by atoms with E-state index in [1.807, 2.05) is 13.0 Å². The number of nitrogens with zero attached hydrogens (tertiary/aromatic N) is 2. The van der Waals surface area contributed by atoms with Crippen LogP contribution in [0.3, 0.4) is 0 Å². The fraction of sp³-hybridized carbons (Fsp3) is 0.481. The van der Waals surface area contributed by atoms with E-state index in [2.05, 4.69) is 14.5 Å². The highest BCUT2D eigenvalue weighted by molar-refractivity contribution is 7.92. The predicted octanol–water partition coefficient (Wildman–Crippen LogP) is 4.89. The minimum atomic E-state index is -5.08. The van der Waals surface area contributed by atoms with Crippen LogP contribution in [0.1, 0.15) is 53.6 Å². The lowest BCUT2D eigenvalue weighted by atomic mass is 9.98. The van der Waals surface area contributed by atoms with E-state index in [0.29, 0.717) is 17.3 Å². The number of aliphatic carboxylic acids is 1. The number of piperidine rings is 2. The van der Waals surface area contributed by atoms with E-state index < -0.39 is 28.1 Å². The van der Waals surface area contributed by atoms with Crippen molar-refractivity contribution < 1.29 is 41.4 Å². The van der Waals surface area contributed by atoms with Crippen molar-refractivity contribution in [3.8, 4) is 0 Å². The summed E-state index contributed by atoms with van der Waals surface area (Å²) in [5.41, 5.74) is 2.50. The lowest BCUT2D eigenvalue weighted by Gasteiger charge is -2.41. The monoisotopic (exact) mass is 585 g/mol. The van der Waals surface area contributed by atoms with Gasteiger partial charge in [-0.3, -0.25) is 4.72 Å². The molecule has 2 aromatic carbocycles. The smallest absolute Gasteiger partial charge is 0.478 e. The summed E-state index contributed by atoms with van der Waals surface area (Å²) in [6.07, 6.45) is 0.794. The number of benzene rings is 2. The number of nitrogens with one attached hydrogen (secondary N) is 1. The molecule has 9 nitrogen and oxygen atoms in total. The number of hydrogen-bond donors (Lipinski definition) is 3. The molecule has 40 heavy (non-hydrogen) atoms. The summed E-state index contributed by atoms with van der Waals surface area (Å²) in [4.78, 5) is 25.8. The average molecular weight is 586 g/mol. The Morgan fingerprint density at radius 2 is 1.52 bits per heavy atom. The summed E-state index contributed by atoms with van der Waals surface area (Å²) in [7, 11) is -3.83. The van der Waals surface area contributed by atoms with Gasteiger partial charge in [-0.25, -0.2) is 18.0 Å². The molecule has 220 valence electrons. The Kier molecular flexibility index (Phi) is 10.1. The van der Waals surface area contributed by atoms with Crippen molar-refractivity contribution in [2.75, 3.05) is 35.8 Å². The number of aromatic carboxylic acids is 1. The second-order valence-electron chi connectivity index (χ2n) is 10.0. The van der Waals surface area contributed by atoms with Gasteiger partial charge in [0.15, 0.2) is 0 Å². The van der Waals surface area contributed by atoms with Crippen molar-refractivity contribution in [3.63, 3.8) is 0 Å². The number of rotatable bonds is 6. The number of carboxylic acid groups (broad SMARTS) is 2. The van der Waals surface area contributed by atoms with E-state index in [9.17, 15) is 31.5 Å². The van der Waals surface area contributed by atoms with Gasteiger partial charge in [-0.2, -0.15) is 13.2 Å². The van der Waals surface area contributed by atoms with Gasteiger partial charge >= 0.3 is 18.1 Å². The number of likely N-dealkylation sites (tertiary alicyclic amines) is 1. The maximum atomic E-state index is 13.0. The highest BCUT2D eigenvalue weighted by Crippen LogP contribution is 2.30. The molecular weight excluding hydrogens is 551 g/mol. The standard InChI is InChI=1S/C25H33N3O4S.C2HF3O2/c1-18-6-7-19(2)24(16-18)33(31,32)26-20-8-9-23(22(17-20)25(29)30)28-14-10-21(11-15-28)27-12-4-3-5-13-27;3-2(4,5)1(6)7/h6-9,16-17,21,26H,3-5,10-15H2,1-2H3,(H,29,30);(H,6,7). The van der Waals surface area contributed by atoms with Gasteiger partial charge in [0.25, 0.3) is 10.0 Å². The SMILES string of the molecule is Cc1ccc(C)c(S(=O)(=O)Nc2ccc(N3CCC(N4CCCCC4)CC3)c(C(=O)O)c2)c1.O=C(O)C(F)(F)F. The van der Waals surface area contributed by atoms with Crippen molar-refractivity contribution in [3.05, 3.63) is 53.1 Å². The zero-order chi connectivity index (χ0) is 29.7. The number of carbonyl (C=O) groups is 2. The fourth-order valence-electron chi connectivity index (χ4n) is 5.01. The van der Waals surface area contributed by atoms with Gasteiger partial charge < -0.3 is 20.0 Å². The van der Waals surface area contributed by atoms with E-state index in [1.54, 1.807) is 31.2 Å². The Hall–Kier alpha value is -3.32. The second kappa shape index (κ2) is 12.9. The first kappa shape index (κ1) is 31.2. The van der Waals surface area contributed by atoms with Gasteiger partial charge in [-0.05, 0) is 88.0 Å². The summed E-state index contributed by atoms with van der Waals surface area (Å²) < 4.78 is 60.2. The Bertz CT molecular complexity index is 1320. The molecule has 0 radical (unpaired) electrons. The third-order valence-electron chi connectivity index (χ3n) is 7.07. The number of hydrogen-bond acceptors (Lipinski definition) is 6. The summed E-state index contributed by atoms with van der Waals surface area (Å²) >= 11 is 0. The second-order valence-corrected chi connectivity index (χ2v) is 11.7. The molecule has 0 unspecified atom stereocenters. The minimum absolute atomic E-state index is 0.118. The highest BCUT2D eigenvalue weighted by Gasteiger charge is 2.38. The maximum absolute atomic E-state index is 13.0. The van der Waals surface area contributed by atoms with Gasteiger partial charge in [0.05, 0.1) is 16.1 Å². The van der Waals surface area contributed by atoms with Crippen LogP contribution in [-0.4, -0.2) is 73.9 Å². The Morgan fingerprint density at radius 3 is 2.08 bits per heavy atom. The summed E-state index contributed by atoms with van der Waals surface area (Å²) in [6.45, 7) is 7.52. The van der Waals surface area contributed by atoms with Gasteiger partial charge in [0.1, 0.15) is 0 Å². The Labute approximate surface area is 231 Å². The molecule has 2 saturated heterocycles. The molecule has 0 saturated carbocycles. The number of sulfonamides is 1. The maximum Gasteiger partial charge on any atom is 0.490 e. The molecule has 2 heterocycles. The van der Waals surface area contributed by atoms with Gasteiger partial charge in [-0.1, -0.05) is 18.6 Å². The molecular formula is C27H34F3N3O6S. The molecule has 13 heteroatoms. The molecule has 2 aromatic rings. The van der Waals surface area contributed by atoms with Crippen LogP contribution >= 0.6 is 0 Å². The first-order valence-electron chi connectivity index (χ1n) is 13.0. The first-order valence-corrected chi connectivity index (χ1v) is 14.4. The van der Waals surface area contributed by atoms with Crippen LogP contribution in [0.5, 0.6) is 0 Å². The third-order valence-corrected chi connectivity index (χ3v) is 8.59. The van der Waals surface area contributed by atoms with Crippen molar-refractivity contribution in [2.24, 2.45) is 0 Å². The van der Waals surface area contributed by atoms with Crippen LogP contribution in [0.2, 0.25) is 0 Å². The van der Waals surface area contributed by atoms with E-state index in [1.165, 1.54) is 38.4 Å². The molecule has 3 N–H and O–H groups in total.